The third kappa shape index (κ3) is 4.22. The molecule has 0 saturated heterocycles. The topological polar surface area (TPSA) is 52.3 Å². The van der Waals surface area contributed by atoms with Gasteiger partial charge in [0.2, 0.25) is 0 Å². The number of hydrogen-bond acceptors (Lipinski definition) is 3. The number of hydrogen-bond donors (Lipinski definition) is 1. The van der Waals surface area contributed by atoms with Crippen molar-refractivity contribution in [1.82, 2.24) is 0 Å². The molecule has 1 aliphatic carbocycles. The third-order valence-corrected chi connectivity index (χ3v) is 2.91. The lowest BCUT2D eigenvalue weighted by Crippen LogP contribution is -2.47. The van der Waals surface area contributed by atoms with Crippen molar-refractivity contribution < 1.29 is 18.3 Å². The molecule has 0 unspecified atom stereocenters. The largest absolute Gasteiger partial charge is 0.460 e. The summed E-state index contributed by atoms with van der Waals surface area (Å²) < 4.78 is 32.3. The summed E-state index contributed by atoms with van der Waals surface area (Å²) in [5.41, 5.74) is 5.03. The number of rotatable bonds is 2. The average molecular weight is 249 g/mol. The van der Waals surface area contributed by atoms with E-state index in [9.17, 15) is 13.6 Å². The summed E-state index contributed by atoms with van der Waals surface area (Å²) in [6, 6.07) is -0.619. The molecule has 1 aliphatic rings. The molecule has 1 fully saturated rings. The molecule has 2 N–H and O–H groups in total. The Morgan fingerprint density at radius 3 is 2.53 bits per heavy atom. The van der Waals surface area contributed by atoms with Crippen LogP contribution in [-0.4, -0.2) is 23.5 Å². The van der Waals surface area contributed by atoms with E-state index in [2.05, 4.69) is 0 Å². The molecule has 0 bridgehead atoms. The summed E-state index contributed by atoms with van der Waals surface area (Å²) in [5, 5.41) is 0. The number of ether oxygens (including phenoxy) is 1. The summed E-state index contributed by atoms with van der Waals surface area (Å²) in [6.45, 7) is 5.14. The van der Waals surface area contributed by atoms with Crippen LogP contribution in [0.3, 0.4) is 0 Å². The van der Waals surface area contributed by atoms with Crippen molar-refractivity contribution >= 4 is 5.97 Å². The second kappa shape index (κ2) is 4.88. The number of halogens is 2. The van der Waals surface area contributed by atoms with Gasteiger partial charge in [-0.05, 0) is 33.6 Å². The molecule has 3 nitrogen and oxygen atoms in total. The van der Waals surface area contributed by atoms with Crippen LogP contribution in [0.15, 0.2) is 0 Å². The Bertz CT molecular complexity index is 287. The lowest BCUT2D eigenvalue weighted by atomic mass is 9.80. The second-order valence-corrected chi connectivity index (χ2v) is 5.71. The minimum atomic E-state index is -2.85. The Morgan fingerprint density at radius 1 is 1.47 bits per heavy atom. The van der Waals surface area contributed by atoms with E-state index in [1.807, 2.05) is 0 Å². The fraction of sp³-hybridized carbons (Fsp3) is 0.917. The maximum absolute atomic E-state index is 13.6. The zero-order chi connectivity index (χ0) is 13.3. The van der Waals surface area contributed by atoms with Gasteiger partial charge in [0, 0.05) is 18.4 Å². The smallest absolute Gasteiger partial charge is 0.306 e. The Balaban J connectivity index is 2.62. The molecule has 0 heterocycles. The van der Waals surface area contributed by atoms with E-state index in [4.69, 9.17) is 10.5 Å². The molecular weight excluding hydrogens is 228 g/mol. The predicted molar refractivity (Wildman–Crippen MR) is 60.7 cm³/mol. The minimum absolute atomic E-state index is 0.186. The second-order valence-electron chi connectivity index (χ2n) is 5.71. The summed E-state index contributed by atoms with van der Waals surface area (Å²) in [5.74, 6) is -4.54. The van der Waals surface area contributed by atoms with Gasteiger partial charge in [0.05, 0.1) is 6.42 Å². The van der Waals surface area contributed by atoms with Gasteiger partial charge in [0.15, 0.2) is 0 Å². The highest BCUT2D eigenvalue weighted by molar-refractivity contribution is 5.70. The zero-order valence-corrected chi connectivity index (χ0v) is 10.6. The van der Waals surface area contributed by atoms with Gasteiger partial charge in [-0.3, -0.25) is 4.79 Å². The van der Waals surface area contributed by atoms with Gasteiger partial charge in [-0.2, -0.15) is 0 Å². The maximum Gasteiger partial charge on any atom is 0.306 e. The van der Waals surface area contributed by atoms with Gasteiger partial charge >= 0.3 is 5.97 Å². The van der Waals surface area contributed by atoms with Crippen LogP contribution in [0.4, 0.5) is 8.78 Å². The summed E-state index contributed by atoms with van der Waals surface area (Å²) in [4.78, 5) is 11.5. The molecule has 0 spiro atoms. The monoisotopic (exact) mass is 249 g/mol. The molecule has 0 amide bonds. The summed E-state index contributed by atoms with van der Waals surface area (Å²) in [7, 11) is 0. The maximum atomic E-state index is 13.6. The lowest BCUT2D eigenvalue weighted by Gasteiger charge is -2.36. The van der Waals surface area contributed by atoms with E-state index in [1.165, 1.54) is 0 Å². The van der Waals surface area contributed by atoms with Crippen LogP contribution in [-0.2, 0) is 9.53 Å². The molecule has 0 aromatic heterocycles. The number of esters is 1. The standard InChI is InChI=1S/C12H21F2NO2/c1-11(2,3)17-10(16)7-8-9(15)5-4-6-12(8,13)14/h8-9H,4-7,15H2,1-3H3/t8-,9+/m1/s1. The molecule has 0 aromatic carbocycles. The fourth-order valence-electron chi connectivity index (χ4n) is 2.14. The van der Waals surface area contributed by atoms with Crippen LogP contribution in [0.2, 0.25) is 0 Å². The molecule has 0 aromatic rings. The lowest BCUT2D eigenvalue weighted by molar-refractivity contribution is -0.163. The first-order chi connectivity index (χ1) is 7.62. The highest BCUT2D eigenvalue weighted by Crippen LogP contribution is 2.40. The zero-order valence-electron chi connectivity index (χ0n) is 10.6. The predicted octanol–water partition coefficient (Wildman–Crippen LogP) is 2.48. The van der Waals surface area contributed by atoms with Gasteiger partial charge in [-0.15, -0.1) is 0 Å². The Hall–Kier alpha value is -0.710. The molecule has 0 aliphatic heterocycles. The van der Waals surface area contributed by atoms with Crippen molar-refractivity contribution in [3.05, 3.63) is 0 Å². The summed E-state index contributed by atoms with van der Waals surface area (Å²) in [6.07, 6.45) is 0.474. The van der Waals surface area contributed by atoms with Crippen LogP contribution in [0.1, 0.15) is 46.5 Å². The molecule has 100 valence electrons. The summed E-state index contributed by atoms with van der Waals surface area (Å²) >= 11 is 0. The fourth-order valence-corrected chi connectivity index (χ4v) is 2.14. The Morgan fingerprint density at radius 2 is 2.06 bits per heavy atom. The molecule has 2 atom stereocenters. The first kappa shape index (κ1) is 14.4. The molecule has 5 heteroatoms. The Kier molecular flexibility index (Phi) is 4.12. The van der Waals surface area contributed by atoms with Crippen LogP contribution >= 0.6 is 0 Å². The number of alkyl halides is 2. The first-order valence-corrected chi connectivity index (χ1v) is 5.97. The van der Waals surface area contributed by atoms with Crippen molar-refractivity contribution in [2.24, 2.45) is 11.7 Å². The van der Waals surface area contributed by atoms with Crippen molar-refractivity contribution in [1.29, 1.82) is 0 Å². The van der Waals surface area contributed by atoms with E-state index in [-0.39, 0.29) is 12.8 Å². The minimum Gasteiger partial charge on any atom is -0.460 e. The molecule has 1 saturated carbocycles. The van der Waals surface area contributed by atoms with Gasteiger partial charge in [0.25, 0.3) is 5.92 Å². The molecule has 0 radical (unpaired) electrons. The SMILES string of the molecule is CC(C)(C)OC(=O)C[C@@H]1[C@@H](N)CCCC1(F)F. The molecular formula is C12H21F2NO2. The van der Waals surface area contributed by atoms with Crippen LogP contribution in [0.5, 0.6) is 0 Å². The molecule has 17 heavy (non-hydrogen) atoms. The van der Waals surface area contributed by atoms with Crippen molar-refractivity contribution in [2.75, 3.05) is 0 Å². The highest BCUT2D eigenvalue weighted by atomic mass is 19.3. The van der Waals surface area contributed by atoms with E-state index in [0.717, 1.165) is 0 Å². The van der Waals surface area contributed by atoms with Crippen molar-refractivity contribution in [3.63, 3.8) is 0 Å². The third-order valence-electron chi connectivity index (χ3n) is 2.91. The van der Waals surface area contributed by atoms with E-state index in [0.29, 0.717) is 12.8 Å². The molecule has 1 rings (SSSR count). The van der Waals surface area contributed by atoms with Crippen molar-refractivity contribution in [2.45, 2.75) is 64.0 Å². The van der Waals surface area contributed by atoms with Crippen LogP contribution in [0.25, 0.3) is 0 Å². The van der Waals surface area contributed by atoms with Gasteiger partial charge in [0.1, 0.15) is 5.60 Å². The van der Waals surface area contributed by atoms with Crippen LogP contribution in [0, 0.1) is 5.92 Å². The van der Waals surface area contributed by atoms with Gasteiger partial charge < -0.3 is 10.5 Å². The van der Waals surface area contributed by atoms with Gasteiger partial charge in [-0.1, -0.05) is 0 Å². The van der Waals surface area contributed by atoms with Crippen LogP contribution < -0.4 is 5.73 Å². The number of carbonyl (C=O) groups is 1. The number of carbonyl (C=O) groups excluding carboxylic acids is 1. The first-order valence-electron chi connectivity index (χ1n) is 5.97. The normalized spacial score (nSPS) is 28.8. The van der Waals surface area contributed by atoms with Crippen molar-refractivity contribution in [3.8, 4) is 0 Å². The van der Waals surface area contributed by atoms with E-state index >= 15 is 0 Å². The highest BCUT2D eigenvalue weighted by Gasteiger charge is 2.46. The van der Waals surface area contributed by atoms with E-state index < -0.39 is 29.5 Å². The number of nitrogens with two attached hydrogens (primary N) is 1. The average Bonchev–Trinajstić information content (AvgIpc) is 2.08. The van der Waals surface area contributed by atoms with Gasteiger partial charge in [-0.25, -0.2) is 8.78 Å². The Labute approximate surface area is 101 Å². The van der Waals surface area contributed by atoms with E-state index in [1.54, 1.807) is 20.8 Å². The quantitative estimate of drug-likeness (QED) is 0.765.